The van der Waals surface area contributed by atoms with E-state index in [9.17, 15) is 4.79 Å². The van der Waals surface area contributed by atoms with Gasteiger partial charge in [-0.25, -0.2) is 0 Å². The maximum Gasteiger partial charge on any atom is 0.242 e. The summed E-state index contributed by atoms with van der Waals surface area (Å²) in [4.78, 5) is 17.5. The monoisotopic (exact) mass is 349 g/mol. The number of hydrogen-bond donors (Lipinski definition) is 1. The number of hydrogen-bond acceptors (Lipinski definition) is 5. The van der Waals surface area contributed by atoms with Gasteiger partial charge in [-0.2, -0.15) is 11.8 Å². The summed E-state index contributed by atoms with van der Waals surface area (Å²) in [6.45, 7) is 7.06. The summed E-state index contributed by atoms with van der Waals surface area (Å²) < 4.78 is 5.36. The first-order valence-corrected chi connectivity index (χ1v) is 9.94. The van der Waals surface area contributed by atoms with E-state index in [1.54, 1.807) is 0 Å². The number of amides is 1. The summed E-state index contributed by atoms with van der Waals surface area (Å²) in [5.41, 5.74) is 1.09. The highest BCUT2D eigenvalue weighted by Gasteiger charge is 2.28. The number of rotatable bonds is 6. The Morgan fingerprint density at radius 2 is 1.83 bits per heavy atom. The van der Waals surface area contributed by atoms with Crippen LogP contribution in [0, 0.1) is 0 Å². The van der Waals surface area contributed by atoms with Crippen molar-refractivity contribution >= 4 is 17.7 Å². The summed E-state index contributed by atoms with van der Waals surface area (Å²) in [5, 5.41) is 3.16. The Labute approximate surface area is 148 Å². The molecular weight excluding hydrogens is 322 g/mol. The fourth-order valence-corrected chi connectivity index (χ4v) is 4.19. The Morgan fingerprint density at radius 3 is 2.54 bits per heavy atom. The van der Waals surface area contributed by atoms with Crippen molar-refractivity contribution < 1.29 is 9.53 Å². The van der Waals surface area contributed by atoms with Crippen LogP contribution in [0.1, 0.15) is 11.6 Å². The second-order valence-electron chi connectivity index (χ2n) is 6.21. The molecule has 3 rings (SSSR count). The minimum atomic E-state index is -0.170. The van der Waals surface area contributed by atoms with Gasteiger partial charge < -0.3 is 10.1 Å². The van der Waals surface area contributed by atoms with Gasteiger partial charge >= 0.3 is 0 Å². The van der Waals surface area contributed by atoms with Gasteiger partial charge in [0.2, 0.25) is 5.91 Å². The van der Waals surface area contributed by atoms with Crippen LogP contribution in [0.4, 0.5) is 0 Å². The van der Waals surface area contributed by atoms with Gasteiger partial charge in [0.05, 0.1) is 13.2 Å². The van der Waals surface area contributed by atoms with Crippen LogP contribution in [0.5, 0.6) is 0 Å². The second kappa shape index (κ2) is 9.42. The van der Waals surface area contributed by atoms with E-state index in [1.807, 2.05) is 30.0 Å². The molecule has 0 aromatic heterocycles. The van der Waals surface area contributed by atoms with E-state index in [-0.39, 0.29) is 11.9 Å². The van der Waals surface area contributed by atoms with Gasteiger partial charge in [-0.05, 0) is 5.56 Å². The Kier molecular flexibility index (Phi) is 6.96. The Balaban J connectivity index is 1.58. The minimum Gasteiger partial charge on any atom is -0.379 e. The van der Waals surface area contributed by atoms with Gasteiger partial charge in [0.1, 0.15) is 6.04 Å². The molecule has 0 spiro atoms. The highest BCUT2D eigenvalue weighted by atomic mass is 32.2. The molecule has 0 radical (unpaired) electrons. The highest BCUT2D eigenvalue weighted by Crippen LogP contribution is 2.24. The molecule has 2 saturated heterocycles. The Bertz CT molecular complexity index is 502. The zero-order valence-corrected chi connectivity index (χ0v) is 15.0. The zero-order chi connectivity index (χ0) is 16.6. The van der Waals surface area contributed by atoms with E-state index in [2.05, 4.69) is 27.2 Å². The Morgan fingerprint density at radius 1 is 1.12 bits per heavy atom. The first-order chi connectivity index (χ1) is 11.8. The van der Waals surface area contributed by atoms with Gasteiger partial charge in [0, 0.05) is 50.8 Å². The van der Waals surface area contributed by atoms with Gasteiger partial charge in [0.25, 0.3) is 0 Å². The topological polar surface area (TPSA) is 44.8 Å². The molecule has 0 unspecified atom stereocenters. The third-order valence-corrected chi connectivity index (χ3v) is 5.55. The van der Waals surface area contributed by atoms with Crippen LogP contribution in [0.3, 0.4) is 0 Å². The van der Waals surface area contributed by atoms with Crippen molar-refractivity contribution in [3.05, 3.63) is 35.9 Å². The predicted octanol–water partition coefficient (Wildman–Crippen LogP) is 1.22. The molecule has 0 bridgehead atoms. The predicted molar refractivity (Wildman–Crippen MR) is 98.3 cm³/mol. The fraction of sp³-hybridized carbons (Fsp3) is 0.611. The lowest BCUT2D eigenvalue weighted by atomic mass is 10.0. The average molecular weight is 350 g/mol. The van der Waals surface area contributed by atoms with E-state index in [4.69, 9.17) is 4.74 Å². The minimum absolute atomic E-state index is 0.126. The number of thioether (sulfide) groups is 1. The first-order valence-electron chi connectivity index (χ1n) is 8.79. The molecule has 1 aromatic rings. The average Bonchev–Trinajstić information content (AvgIpc) is 2.65. The molecule has 1 aromatic carbocycles. The number of benzene rings is 1. The molecule has 2 aliphatic heterocycles. The highest BCUT2D eigenvalue weighted by molar-refractivity contribution is 7.99. The molecule has 2 fully saturated rings. The van der Waals surface area contributed by atoms with E-state index < -0.39 is 0 Å². The third kappa shape index (κ3) is 4.96. The maximum atomic E-state index is 12.9. The molecule has 5 nitrogen and oxygen atoms in total. The normalized spacial score (nSPS) is 21.3. The van der Waals surface area contributed by atoms with E-state index >= 15 is 0 Å². The molecule has 0 aliphatic carbocycles. The summed E-state index contributed by atoms with van der Waals surface area (Å²) >= 11 is 1.97. The molecule has 2 heterocycles. The molecule has 2 aliphatic rings. The molecule has 6 heteroatoms. The molecule has 132 valence electrons. The van der Waals surface area contributed by atoms with Crippen LogP contribution in [0.15, 0.2) is 30.3 Å². The van der Waals surface area contributed by atoms with Crippen molar-refractivity contribution in [2.24, 2.45) is 0 Å². The molecule has 24 heavy (non-hydrogen) atoms. The number of nitrogens with zero attached hydrogens (tertiary/aromatic N) is 2. The number of carbonyl (C=O) groups excluding carboxylic acids is 1. The van der Waals surface area contributed by atoms with Crippen LogP contribution in [-0.4, -0.2) is 79.7 Å². The lowest BCUT2D eigenvalue weighted by Gasteiger charge is -2.34. The summed E-state index contributed by atoms with van der Waals surface area (Å²) in [6, 6.07) is 9.99. The number of morpholine rings is 1. The molecule has 0 saturated carbocycles. The SMILES string of the molecule is O=C(NCCN1CCOCC1)[C@@H](c1ccccc1)N1CCSCC1. The Hall–Kier alpha value is -1.08. The second-order valence-corrected chi connectivity index (χ2v) is 7.43. The quantitative estimate of drug-likeness (QED) is 0.837. The van der Waals surface area contributed by atoms with Crippen LogP contribution in [0.2, 0.25) is 0 Å². The van der Waals surface area contributed by atoms with Crippen molar-refractivity contribution in [1.29, 1.82) is 0 Å². The maximum absolute atomic E-state index is 12.9. The number of nitrogens with one attached hydrogen (secondary N) is 1. The lowest BCUT2D eigenvalue weighted by molar-refractivity contribution is -0.126. The summed E-state index contributed by atoms with van der Waals surface area (Å²) in [7, 11) is 0. The van der Waals surface area contributed by atoms with Crippen LogP contribution in [0.25, 0.3) is 0 Å². The summed E-state index contributed by atoms with van der Waals surface area (Å²) in [6.07, 6.45) is 0. The van der Waals surface area contributed by atoms with Crippen molar-refractivity contribution in [3.8, 4) is 0 Å². The smallest absolute Gasteiger partial charge is 0.242 e. The number of ether oxygens (including phenoxy) is 1. The van der Waals surface area contributed by atoms with Crippen LogP contribution in [-0.2, 0) is 9.53 Å². The van der Waals surface area contributed by atoms with Crippen LogP contribution < -0.4 is 5.32 Å². The first kappa shape index (κ1) is 17.7. The van der Waals surface area contributed by atoms with Gasteiger partial charge in [-0.3, -0.25) is 14.6 Å². The summed E-state index contributed by atoms with van der Waals surface area (Å²) in [5.74, 6) is 2.33. The van der Waals surface area contributed by atoms with E-state index in [0.717, 1.165) is 63.0 Å². The van der Waals surface area contributed by atoms with Crippen LogP contribution >= 0.6 is 11.8 Å². The fourth-order valence-electron chi connectivity index (χ4n) is 3.26. The largest absolute Gasteiger partial charge is 0.379 e. The number of carbonyl (C=O) groups is 1. The van der Waals surface area contributed by atoms with Gasteiger partial charge in [-0.15, -0.1) is 0 Å². The van der Waals surface area contributed by atoms with Gasteiger partial charge in [-0.1, -0.05) is 30.3 Å². The lowest BCUT2D eigenvalue weighted by Crippen LogP contribution is -2.46. The third-order valence-electron chi connectivity index (χ3n) is 4.61. The molecule has 1 N–H and O–H groups in total. The van der Waals surface area contributed by atoms with E-state index in [1.165, 1.54) is 0 Å². The standard InChI is InChI=1S/C18H27N3O2S/c22-18(19-6-7-20-8-12-23-13-9-20)17(16-4-2-1-3-5-16)21-10-14-24-15-11-21/h1-5,17H,6-15H2,(H,19,22)/t17-/m1/s1. The van der Waals surface area contributed by atoms with E-state index in [0.29, 0.717) is 6.54 Å². The molecular formula is C18H27N3O2S. The molecule has 1 amide bonds. The zero-order valence-electron chi connectivity index (χ0n) is 14.2. The van der Waals surface area contributed by atoms with Crippen molar-refractivity contribution in [2.45, 2.75) is 6.04 Å². The molecule has 1 atom stereocenters. The van der Waals surface area contributed by atoms with Crippen molar-refractivity contribution in [3.63, 3.8) is 0 Å². The van der Waals surface area contributed by atoms with Crippen molar-refractivity contribution in [1.82, 2.24) is 15.1 Å². The van der Waals surface area contributed by atoms with Crippen molar-refractivity contribution in [2.75, 3.05) is 64.0 Å². The van der Waals surface area contributed by atoms with Gasteiger partial charge in [0.15, 0.2) is 0 Å².